The summed E-state index contributed by atoms with van der Waals surface area (Å²) in [4.78, 5) is 33.4. The number of likely N-dealkylation sites (N-methyl/N-ethyl adjacent to an activating group) is 1. The summed E-state index contributed by atoms with van der Waals surface area (Å²) in [6, 6.07) is -0.594. The molecule has 2 amide bonds. The molecule has 1 atom stereocenters. The summed E-state index contributed by atoms with van der Waals surface area (Å²) in [6.45, 7) is 7.74. The number of nitrogens with zero attached hydrogens (tertiary/aromatic N) is 3. The highest BCUT2D eigenvalue weighted by molar-refractivity contribution is 6.06. The lowest BCUT2D eigenvalue weighted by molar-refractivity contribution is -0.136. The van der Waals surface area contributed by atoms with Gasteiger partial charge in [-0.25, -0.2) is 9.97 Å². The second-order valence-electron chi connectivity index (χ2n) is 6.35. The average Bonchev–Trinajstić information content (AvgIpc) is 2.61. The van der Waals surface area contributed by atoms with Gasteiger partial charge < -0.3 is 11.1 Å². The van der Waals surface area contributed by atoms with E-state index in [-0.39, 0.29) is 23.7 Å². The molecule has 7 heteroatoms. The predicted octanol–water partition coefficient (Wildman–Crippen LogP) is 0.834. The summed E-state index contributed by atoms with van der Waals surface area (Å²) in [5.74, 6) is 1.02. The summed E-state index contributed by atoms with van der Waals surface area (Å²) < 4.78 is 0. The number of nitrogen functional groups attached to an aromatic ring is 1. The molecule has 0 bridgehead atoms. The first-order valence-corrected chi connectivity index (χ1v) is 6.82. The van der Waals surface area contributed by atoms with Gasteiger partial charge in [0.25, 0.3) is 5.91 Å². The molecule has 0 aliphatic carbocycles. The van der Waals surface area contributed by atoms with Crippen molar-refractivity contribution < 1.29 is 9.59 Å². The van der Waals surface area contributed by atoms with Gasteiger partial charge in [-0.05, 0) is 6.92 Å². The third-order valence-electron chi connectivity index (χ3n) is 3.55. The maximum Gasteiger partial charge on any atom is 0.251 e. The monoisotopic (exact) mass is 291 g/mol. The summed E-state index contributed by atoms with van der Waals surface area (Å²) in [6.07, 6.45) is 0.129. The number of rotatable bonds is 2. The topological polar surface area (TPSA) is 101 Å². The first-order chi connectivity index (χ1) is 9.61. The third kappa shape index (κ3) is 2.81. The number of carbonyl (C=O) groups excluding carboxylic acids is 2. The quantitative estimate of drug-likeness (QED) is 0.783. The normalized spacial score (nSPS) is 19.3. The maximum atomic E-state index is 12.0. The number of nitrogens with one attached hydrogen (secondary N) is 1. The van der Waals surface area contributed by atoms with Gasteiger partial charge in [0.15, 0.2) is 0 Å². The van der Waals surface area contributed by atoms with Crippen molar-refractivity contribution >= 4 is 23.5 Å². The Morgan fingerprint density at radius 1 is 1.29 bits per heavy atom. The SMILES string of the molecule is Cc1c(N)nc(C(C)(C)C)nc1NC1CC(=O)N(C)C1=O. The first kappa shape index (κ1) is 15.2. The first-order valence-electron chi connectivity index (χ1n) is 6.82. The van der Waals surface area contributed by atoms with E-state index in [1.54, 1.807) is 6.92 Å². The van der Waals surface area contributed by atoms with Crippen LogP contribution in [-0.4, -0.2) is 39.8 Å². The zero-order chi connectivity index (χ0) is 15.9. The molecule has 0 radical (unpaired) electrons. The van der Waals surface area contributed by atoms with E-state index in [1.165, 1.54) is 7.05 Å². The zero-order valence-corrected chi connectivity index (χ0v) is 13.0. The second-order valence-corrected chi connectivity index (χ2v) is 6.35. The highest BCUT2D eigenvalue weighted by Gasteiger charge is 2.36. The Kier molecular flexibility index (Phi) is 3.61. The Morgan fingerprint density at radius 2 is 1.90 bits per heavy atom. The largest absolute Gasteiger partial charge is 0.383 e. The lowest BCUT2D eigenvalue weighted by Gasteiger charge is -2.21. The number of aromatic nitrogens is 2. The van der Waals surface area contributed by atoms with Gasteiger partial charge in [0, 0.05) is 18.0 Å². The average molecular weight is 291 g/mol. The van der Waals surface area contributed by atoms with Crippen LogP contribution in [0.3, 0.4) is 0 Å². The number of carbonyl (C=O) groups is 2. The molecule has 2 rings (SSSR count). The van der Waals surface area contributed by atoms with E-state index in [2.05, 4.69) is 15.3 Å². The molecule has 114 valence electrons. The standard InChI is InChI=1S/C14H21N5O2/c1-7-10(15)17-13(14(2,3)4)18-11(7)16-8-6-9(20)19(5)12(8)21/h8H,6H2,1-5H3,(H3,15,16,17,18). The highest BCUT2D eigenvalue weighted by atomic mass is 16.2. The lowest BCUT2D eigenvalue weighted by Crippen LogP contribution is -2.32. The van der Waals surface area contributed by atoms with Crippen molar-refractivity contribution in [2.75, 3.05) is 18.1 Å². The van der Waals surface area contributed by atoms with Gasteiger partial charge in [-0.15, -0.1) is 0 Å². The van der Waals surface area contributed by atoms with Gasteiger partial charge in [-0.3, -0.25) is 14.5 Å². The smallest absolute Gasteiger partial charge is 0.251 e. The molecule has 1 aromatic heterocycles. The number of likely N-dealkylation sites (tertiary alicyclic amines) is 1. The summed E-state index contributed by atoms with van der Waals surface area (Å²) in [7, 11) is 1.48. The van der Waals surface area contributed by atoms with Crippen LogP contribution in [0.5, 0.6) is 0 Å². The predicted molar refractivity (Wildman–Crippen MR) is 79.7 cm³/mol. The molecule has 0 saturated carbocycles. The van der Waals surface area contributed by atoms with Crippen molar-refractivity contribution in [2.45, 2.75) is 45.6 Å². The molecule has 1 fully saturated rings. The fourth-order valence-corrected chi connectivity index (χ4v) is 2.04. The molecule has 0 aromatic carbocycles. The Morgan fingerprint density at radius 3 is 2.38 bits per heavy atom. The molecule has 1 saturated heterocycles. The van der Waals surface area contributed by atoms with Crippen molar-refractivity contribution in [3.8, 4) is 0 Å². The summed E-state index contributed by atoms with van der Waals surface area (Å²) in [5, 5.41) is 3.03. The highest BCUT2D eigenvalue weighted by Crippen LogP contribution is 2.26. The van der Waals surface area contributed by atoms with Crippen molar-refractivity contribution in [1.29, 1.82) is 0 Å². The molecule has 7 nitrogen and oxygen atoms in total. The second kappa shape index (κ2) is 4.98. The fraction of sp³-hybridized carbons (Fsp3) is 0.571. The maximum absolute atomic E-state index is 12.0. The van der Waals surface area contributed by atoms with Crippen LogP contribution >= 0.6 is 0 Å². The van der Waals surface area contributed by atoms with E-state index in [1.807, 2.05) is 20.8 Å². The van der Waals surface area contributed by atoms with Gasteiger partial charge in [-0.1, -0.05) is 20.8 Å². The van der Waals surface area contributed by atoms with Crippen LogP contribution in [0.1, 0.15) is 38.6 Å². The third-order valence-corrected chi connectivity index (χ3v) is 3.55. The number of anilines is 2. The van der Waals surface area contributed by atoms with Gasteiger partial charge in [0.05, 0.1) is 6.42 Å². The number of imide groups is 1. The van der Waals surface area contributed by atoms with Crippen LogP contribution < -0.4 is 11.1 Å². The van der Waals surface area contributed by atoms with E-state index in [4.69, 9.17) is 5.73 Å². The van der Waals surface area contributed by atoms with Crippen molar-refractivity contribution in [2.24, 2.45) is 0 Å². The Labute approximate surface area is 123 Å². The van der Waals surface area contributed by atoms with E-state index in [0.717, 1.165) is 4.90 Å². The number of amides is 2. The van der Waals surface area contributed by atoms with Crippen LogP contribution in [0.4, 0.5) is 11.6 Å². The minimum atomic E-state index is -0.594. The van der Waals surface area contributed by atoms with Crippen LogP contribution in [0.2, 0.25) is 0 Å². The molecule has 2 heterocycles. The minimum absolute atomic E-state index is 0.129. The van der Waals surface area contributed by atoms with Gasteiger partial charge in [-0.2, -0.15) is 0 Å². The summed E-state index contributed by atoms with van der Waals surface area (Å²) in [5.41, 5.74) is 6.35. The van der Waals surface area contributed by atoms with Crippen LogP contribution in [-0.2, 0) is 15.0 Å². The minimum Gasteiger partial charge on any atom is -0.383 e. The Hall–Kier alpha value is -2.18. The summed E-state index contributed by atoms with van der Waals surface area (Å²) >= 11 is 0. The number of nitrogens with two attached hydrogens (primary N) is 1. The molecular formula is C14H21N5O2. The van der Waals surface area contributed by atoms with Crippen molar-refractivity contribution in [1.82, 2.24) is 14.9 Å². The van der Waals surface area contributed by atoms with Crippen LogP contribution in [0.25, 0.3) is 0 Å². The molecule has 1 unspecified atom stereocenters. The van der Waals surface area contributed by atoms with Gasteiger partial charge in [0.1, 0.15) is 23.5 Å². The molecular weight excluding hydrogens is 270 g/mol. The van der Waals surface area contributed by atoms with E-state index in [9.17, 15) is 9.59 Å². The molecule has 21 heavy (non-hydrogen) atoms. The Bertz CT molecular complexity index is 606. The van der Waals surface area contributed by atoms with Gasteiger partial charge in [0.2, 0.25) is 5.91 Å². The zero-order valence-electron chi connectivity index (χ0n) is 13.0. The lowest BCUT2D eigenvalue weighted by atomic mass is 9.95. The molecule has 3 N–H and O–H groups in total. The van der Waals surface area contributed by atoms with Crippen LogP contribution in [0, 0.1) is 6.92 Å². The van der Waals surface area contributed by atoms with Crippen molar-refractivity contribution in [3.63, 3.8) is 0 Å². The Balaban J connectivity index is 2.34. The number of hydrogen-bond acceptors (Lipinski definition) is 6. The number of hydrogen-bond donors (Lipinski definition) is 2. The van der Waals surface area contributed by atoms with E-state index < -0.39 is 6.04 Å². The van der Waals surface area contributed by atoms with E-state index >= 15 is 0 Å². The molecule has 0 spiro atoms. The molecule has 1 aliphatic heterocycles. The van der Waals surface area contributed by atoms with Crippen molar-refractivity contribution in [3.05, 3.63) is 11.4 Å². The van der Waals surface area contributed by atoms with Crippen LogP contribution in [0.15, 0.2) is 0 Å². The molecule has 1 aliphatic rings. The van der Waals surface area contributed by atoms with Gasteiger partial charge >= 0.3 is 0 Å². The van der Waals surface area contributed by atoms with E-state index in [0.29, 0.717) is 23.0 Å². The fourth-order valence-electron chi connectivity index (χ4n) is 2.04. The molecule has 1 aromatic rings.